The van der Waals surface area contributed by atoms with Crippen molar-refractivity contribution in [2.75, 3.05) is 7.11 Å². The summed E-state index contributed by atoms with van der Waals surface area (Å²) in [5.74, 6) is -3.73. The molecule has 0 aliphatic carbocycles. The highest BCUT2D eigenvalue weighted by Crippen LogP contribution is 2.16. The number of halogens is 2. The molecule has 2 rings (SSSR count). The number of rotatable bonds is 3. The first kappa shape index (κ1) is 12.3. The fourth-order valence-corrected chi connectivity index (χ4v) is 1.42. The van der Waals surface area contributed by atoms with Gasteiger partial charge in [0.15, 0.2) is 5.65 Å². The minimum atomic E-state index is -2.87. The zero-order valence-corrected chi connectivity index (χ0v) is 9.72. The van der Waals surface area contributed by atoms with Gasteiger partial charge in [-0.3, -0.25) is 4.68 Å². The van der Waals surface area contributed by atoms with Crippen LogP contribution in [-0.2, 0) is 11.3 Å². The fraction of sp³-hybridized carbons (Fsp3) is 0.400. The van der Waals surface area contributed by atoms with Gasteiger partial charge in [0.05, 0.1) is 12.5 Å². The van der Waals surface area contributed by atoms with Crippen molar-refractivity contribution in [3.8, 4) is 0 Å². The van der Waals surface area contributed by atoms with E-state index in [-0.39, 0.29) is 11.5 Å². The molecule has 0 bridgehead atoms. The Balaban J connectivity index is 2.37. The third-order valence-corrected chi connectivity index (χ3v) is 2.11. The van der Waals surface area contributed by atoms with Gasteiger partial charge in [-0.05, 0) is 0 Å². The van der Waals surface area contributed by atoms with Gasteiger partial charge < -0.3 is 4.74 Å². The summed E-state index contributed by atoms with van der Waals surface area (Å²) in [6.45, 7) is 0.238. The van der Waals surface area contributed by atoms with Crippen LogP contribution in [0.3, 0.4) is 0 Å². The maximum Gasteiger partial charge on any atom is 0.376 e. The number of fused-ring (bicyclic) bond motifs is 1. The third kappa shape index (κ3) is 2.58. The second kappa shape index (κ2) is 4.28. The van der Waals surface area contributed by atoms with Crippen molar-refractivity contribution in [2.45, 2.75) is 19.4 Å². The van der Waals surface area contributed by atoms with Gasteiger partial charge in [0.2, 0.25) is 5.82 Å². The smallest absolute Gasteiger partial charge is 0.376 e. The van der Waals surface area contributed by atoms with Crippen molar-refractivity contribution < 1.29 is 18.3 Å². The van der Waals surface area contributed by atoms with Gasteiger partial charge in [0.1, 0.15) is 6.54 Å². The highest BCUT2D eigenvalue weighted by Gasteiger charge is 2.23. The Morgan fingerprint density at radius 3 is 2.89 bits per heavy atom. The van der Waals surface area contributed by atoms with Crippen molar-refractivity contribution in [2.24, 2.45) is 0 Å². The first-order valence-electron chi connectivity index (χ1n) is 5.05. The number of methoxy groups -OCH3 is 1. The van der Waals surface area contributed by atoms with Gasteiger partial charge in [0.25, 0.3) is 5.92 Å². The molecule has 0 atom stereocenters. The van der Waals surface area contributed by atoms with Crippen LogP contribution in [0.2, 0.25) is 0 Å². The minimum Gasteiger partial charge on any atom is -0.463 e. The zero-order valence-electron chi connectivity index (χ0n) is 9.72. The number of hydrogen-bond acceptors (Lipinski definition) is 5. The van der Waals surface area contributed by atoms with E-state index in [1.807, 2.05) is 0 Å². The zero-order chi connectivity index (χ0) is 13.3. The number of ether oxygens (including phenoxy) is 1. The van der Waals surface area contributed by atoms with E-state index < -0.39 is 18.4 Å². The number of nitrogens with zero attached hydrogens (tertiary/aromatic N) is 4. The Morgan fingerprint density at radius 2 is 2.28 bits per heavy atom. The normalized spacial score (nSPS) is 11.8. The number of carbonyl (C=O) groups excluding carboxylic acids is 1. The van der Waals surface area contributed by atoms with E-state index in [1.54, 1.807) is 0 Å². The topological polar surface area (TPSA) is 69.9 Å². The number of carbonyl (C=O) groups is 1. The lowest BCUT2D eigenvalue weighted by atomic mass is 10.4. The van der Waals surface area contributed by atoms with E-state index in [1.165, 1.54) is 19.5 Å². The Labute approximate surface area is 101 Å². The largest absolute Gasteiger partial charge is 0.463 e. The molecule has 0 spiro atoms. The summed E-state index contributed by atoms with van der Waals surface area (Å²) in [5.41, 5.74) is 0.176. The summed E-state index contributed by atoms with van der Waals surface area (Å²) in [6, 6.07) is 0. The van der Waals surface area contributed by atoms with Crippen LogP contribution in [0.25, 0.3) is 11.0 Å². The summed E-state index contributed by atoms with van der Waals surface area (Å²) < 4.78 is 31.2. The molecule has 0 fully saturated rings. The van der Waals surface area contributed by atoms with Crippen LogP contribution in [-0.4, -0.2) is 38.8 Å². The summed E-state index contributed by atoms with van der Waals surface area (Å²) in [7, 11) is 1.20. The standard InChI is InChI=1S/C10H10F2N4O2/c1-10(11,12)5-16-4-6-3-13-8(9(17)18-2)14-7(6)15-16/h3-4H,5H2,1-2H3. The summed E-state index contributed by atoms with van der Waals surface area (Å²) in [4.78, 5) is 18.8. The average Bonchev–Trinajstić information content (AvgIpc) is 2.66. The van der Waals surface area contributed by atoms with Gasteiger partial charge in [-0.25, -0.2) is 23.5 Å². The number of alkyl halides is 2. The van der Waals surface area contributed by atoms with Crippen LogP contribution >= 0.6 is 0 Å². The van der Waals surface area contributed by atoms with Crippen molar-refractivity contribution >= 4 is 17.0 Å². The van der Waals surface area contributed by atoms with Crippen molar-refractivity contribution in [3.05, 3.63) is 18.2 Å². The van der Waals surface area contributed by atoms with Crippen molar-refractivity contribution in [1.29, 1.82) is 0 Å². The van der Waals surface area contributed by atoms with Gasteiger partial charge in [-0.1, -0.05) is 0 Å². The molecule has 2 aromatic heterocycles. The predicted molar refractivity (Wildman–Crippen MR) is 57.3 cm³/mol. The van der Waals surface area contributed by atoms with Crippen LogP contribution in [0.15, 0.2) is 12.4 Å². The minimum absolute atomic E-state index is 0.154. The van der Waals surface area contributed by atoms with Crippen LogP contribution in [0.1, 0.15) is 17.5 Å². The molecule has 18 heavy (non-hydrogen) atoms. The Morgan fingerprint density at radius 1 is 1.56 bits per heavy atom. The molecule has 6 nitrogen and oxygen atoms in total. The van der Waals surface area contributed by atoms with E-state index in [0.717, 1.165) is 11.6 Å². The lowest BCUT2D eigenvalue weighted by Gasteiger charge is -2.08. The number of esters is 1. The van der Waals surface area contributed by atoms with Gasteiger partial charge in [-0.15, -0.1) is 0 Å². The van der Waals surface area contributed by atoms with E-state index in [2.05, 4.69) is 19.8 Å². The molecule has 96 valence electrons. The molecular weight excluding hydrogens is 246 g/mol. The Kier molecular flexibility index (Phi) is 2.93. The van der Waals surface area contributed by atoms with Crippen LogP contribution in [0.4, 0.5) is 8.78 Å². The van der Waals surface area contributed by atoms with E-state index in [0.29, 0.717) is 5.39 Å². The first-order valence-corrected chi connectivity index (χ1v) is 5.05. The predicted octanol–water partition coefficient (Wildman–Crippen LogP) is 1.27. The van der Waals surface area contributed by atoms with Crippen molar-refractivity contribution in [3.63, 3.8) is 0 Å². The highest BCUT2D eigenvalue weighted by molar-refractivity contribution is 5.87. The summed E-state index contributed by atoms with van der Waals surface area (Å²) in [5, 5.41) is 4.33. The molecule has 0 aromatic carbocycles. The molecule has 0 aliphatic rings. The van der Waals surface area contributed by atoms with Crippen molar-refractivity contribution in [1.82, 2.24) is 19.7 Å². The Bertz CT molecular complexity index is 591. The van der Waals surface area contributed by atoms with Gasteiger partial charge >= 0.3 is 5.97 Å². The highest BCUT2D eigenvalue weighted by atomic mass is 19.3. The third-order valence-electron chi connectivity index (χ3n) is 2.11. The number of aromatic nitrogens is 4. The maximum absolute atomic E-state index is 12.8. The van der Waals surface area contributed by atoms with Gasteiger partial charge in [-0.2, -0.15) is 5.10 Å². The van der Waals surface area contributed by atoms with Gasteiger partial charge in [0, 0.05) is 19.3 Å². The molecule has 0 radical (unpaired) electrons. The molecule has 2 heterocycles. The molecule has 0 amide bonds. The second-order valence-corrected chi connectivity index (χ2v) is 3.86. The average molecular weight is 256 g/mol. The quantitative estimate of drug-likeness (QED) is 0.773. The van der Waals surface area contributed by atoms with Crippen LogP contribution in [0, 0.1) is 0 Å². The maximum atomic E-state index is 12.8. The molecule has 0 saturated heterocycles. The summed E-state index contributed by atoms with van der Waals surface area (Å²) in [6.07, 6.45) is 2.74. The van der Waals surface area contributed by atoms with E-state index in [4.69, 9.17) is 0 Å². The summed E-state index contributed by atoms with van der Waals surface area (Å²) >= 11 is 0. The SMILES string of the molecule is COC(=O)c1ncc2cn(CC(C)(F)F)nc2n1. The second-order valence-electron chi connectivity index (χ2n) is 3.86. The molecule has 8 heteroatoms. The monoisotopic (exact) mass is 256 g/mol. The molecule has 0 saturated carbocycles. The number of hydrogen-bond donors (Lipinski definition) is 0. The first-order chi connectivity index (χ1) is 8.39. The molecule has 0 aliphatic heterocycles. The van der Waals surface area contributed by atoms with E-state index >= 15 is 0 Å². The molecular formula is C10H10F2N4O2. The lowest BCUT2D eigenvalue weighted by Crippen LogP contribution is -2.19. The lowest BCUT2D eigenvalue weighted by molar-refractivity contribution is 0.000757. The van der Waals surface area contributed by atoms with E-state index in [9.17, 15) is 13.6 Å². The molecule has 0 unspecified atom stereocenters. The molecule has 2 aromatic rings. The fourth-order valence-electron chi connectivity index (χ4n) is 1.42. The Hall–Kier alpha value is -2.12. The molecule has 0 N–H and O–H groups in total. The van der Waals surface area contributed by atoms with Crippen LogP contribution < -0.4 is 0 Å². The van der Waals surface area contributed by atoms with Crippen LogP contribution in [0.5, 0.6) is 0 Å².